The van der Waals surface area contributed by atoms with Crippen LogP contribution in [0, 0.1) is 5.82 Å². The summed E-state index contributed by atoms with van der Waals surface area (Å²) in [5.41, 5.74) is 0.139. The minimum Gasteiger partial charge on any atom is -0.465 e. The van der Waals surface area contributed by atoms with E-state index in [0.717, 1.165) is 0 Å². The predicted molar refractivity (Wildman–Crippen MR) is 79.3 cm³/mol. The average Bonchev–Trinajstić information content (AvgIpc) is 2.44. The number of nitrogens with zero attached hydrogens (tertiary/aromatic N) is 1. The van der Waals surface area contributed by atoms with E-state index in [2.05, 4.69) is 0 Å². The highest BCUT2D eigenvalue weighted by Crippen LogP contribution is 2.20. The molecule has 114 valence electrons. The Morgan fingerprint density at radius 1 is 1.38 bits per heavy atom. The molecule has 0 aromatic heterocycles. The third-order valence-corrected chi connectivity index (χ3v) is 3.04. The van der Waals surface area contributed by atoms with Gasteiger partial charge in [0, 0.05) is 18.2 Å². The first-order chi connectivity index (χ1) is 9.99. The number of amides is 1. The summed E-state index contributed by atoms with van der Waals surface area (Å²) in [5.74, 6) is -1.41. The lowest BCUT2D eigenvalue weighted by molar-refractivity contribution is -0.147. The van der Waals surface area contributed by atoms with E-state index in [1.54, 1.807) is 13.8 Å². The van der Waals surface area contributed by atoms with Crippen LogP contribution in [0.15, 0.2) is 24.3 Å². The molecule has 0 aliphatic carbocycles. The van der Waals surface area contributed by atoms with Crippen molar-refractivity contribution < 1.29 is 18.7 Å². The first-order valence-corrected chi connectivity index (χ1v) is 6.94. The molecule has 1 amide bonds. The van der Waals surface area contributed by atoms with Gasteiger partial charge >= 0.3 is 5.97 Å². The lowest BCUT2D eigenvalue weighted by Gasteiger charge is -2.17. The van der Waals surface area contributed by atoms with Crippen molar-refractivity contribution in [3.8, 4) is 0 Å². The van der Waals surface area contributed by atoms with Gasteiger partial charge in [-0.25, -0.2) is 4.39 Å². The Labute approximate surface area is 128 Å². The van der Waals surface area contributed by atoms with Gasteiger partial charge in [0.2, 0.25) is 5.91 Å². The molecule has 0 saturated carbocycles. The van der Waals surface area contributed by atoms with Crippen LogP contribution in [-0.2, 0) is 14.3 Å². The molecule has 0 saturated heterocycles. The second-order valence-electron chi connectivity index (χ2n) is 4.13. The highest BCUT2D eigenvalue weighted by molar-refractivity contribution is 6.32. The molecule has 0 aliphatic heterocycles. The topological polar surface area (TPSA) is 46.6 Å². The number of hydrogen-bond donors (Lipinski definition) is 0. The number of halogens is 2. The van der Waals surface area contributed by atoms with Crippen LogP contribution in [0.3, 0.4) is 0 Å². The minimum atomic E-state index is -0.514. The molecular weight excluding hydrogens is 297 g/mol. The minimum absolute atomic E-state index is 0.139. The van der Waals surface area contributed by atoms with Crippen LogP contribution >= 0.6 is 11.6 Å². The second-order valence-corrected chi connectivity index (χ2v) is 4.53. The molecule has 0 heterocycles. The fourth-order valence-electron chi connectivity index (χ4n) is 1.64. The molecule has 0 fully saturated rings. The molecule has 0 unspecified atom stereocenters. The first kappa shape index (κ1) is 17.2. The smallest absolute Gasteiger partial charge is 0.325 e. The van der Waals surface area contributed by atoms with Gasteiger partial charge in [-0.3, -0.25) is 9.59 Å². The Balaban J connectivity index is 2.78. The molecule has 6 heteroatoms. The molecule has 0 radical (unpaired) electrons. The van der Waals surface area contributed by atoms with Crippen LogP contribution in [0.5, 0.6) is 0 Å². The molecule has 0 bridgehead atoms. The van der Waals surface area contributed by atoms with E-state index in [0.29, 0.717) is 6.54 Å². The standard InChI is InChI=1S/C15H17ClFNO3/c1-3-18(10-15(20)21-4-2)14(19)9-8-11-12(16)6-5-7-13(11)17/h5-9H,3-4,10H2,1-2H3/b9-8+. The van der Waals surface area contributed by atoms with Crippen molar-refractivity contribution >= 4 is 29.6 Å². The Hall–Kier alpha value is -1.88. The number of likely N-dealkylation sites (N-methyl/N-ethyl adjacent to an activating group) is 1. The van der Waals surface area contributed by atoms with Gasteiger partial charge in [-0.05, 0) is 32.1 Å². The number of carbonyl (C=O) groups excluding carboxylic acids is 2. The maximum absolute atomic E-state index is 13.6. The zero-order valence-corrected chi connectivity index (χ0v) is 12.7. The number of ether oxygens (including phenoxy) is 1. The van der Waals surface area contributed by atoms with Crippen molar-refractivity contribution in [2.75, 3.05) is 19.7 Å². The van der Waals surface area contributed by atoms with Gasteiger partial charge in [0.15, 0.2) is 0 Å². The Morgan fingerprint density at radius 2 is 2.10 bits per heavy atom. The molecule has 1 aromatic carbocycles. The Morgan fingerprint density at radius 3 is 2.67 bits per heavy atom. The molecule has 4 nitrogen and oxygen atoms in total. The van der Waals surface area contributed by atoms with Crippen LogP contribution < -0.4 is 0 Å². The lowest BCUT2D eigenvalue weighted by atomic mass is 10.2. The maximum Gasteiger partial charge on any atom is 0.325 e. The maximum atomic E-state index is 13.6. The van der Waals surface area contributed by atoms with Crippen LogP contribution in [-0.4, -0.2) is 36.5 Å². The van der Waals surface area contributed by atoms with E-state index >= 15 is 0 Å². The number of benzene rings is 1. The van der Waals surface area contributed by atoms with Gasteiger partial charge < -0.3 is 9.64 Å². The third kappa shape index (κ3) is 5.19. The number of esters is 1. The van der Waals surface area contributed by atoms with Gasteiger partial charge in [-0.2, -0.15) is 0 Å². The summed E-state index contributed by atoms with van der Waals surface area (Å²) in [4.78, 5) is 24.6. The normalized spacial score (nSPS) is 10.7. The fourth-order valence-corrected chi connectivity index (χ4v) is 1.86. The summed E-state index contributed by atoms with van der Waals surface area (Å²) in [5, 5.41) is 0.215. The number of hydrogen-bond acceptors (Lipinski definition) is 3. The van der Waals surface area contributed by atoms with Crippen molar-refractivity contribution in [2.45, 2.75) is 13.8 Å². The van der Waals surface area contributed by atoms with Crippen molar-refractivity contribution in [3.63, 3.8) is 0 Å². The molecule has 1 rings (SSSR count). The van der Waals surface area contributed by atoms with E-state index in [1.807, 2.05) is 0 Å². The van der Waals surface area contributed by atoms with E-state index in [-0.39, 0.29) is 23.7 Å². The van der Waals surface area contributed by atoms with E-state index < -0.39 is 17.7 Å². The lowest BCUT2D eigenvalue weighted by Crippen LogP contribution is -2.35. The number of carbonyl (C=O) groups is 2. The van der Waals surface area contributed by atoms with Gasteiger partial charge in [0.25, 0.3) is 0 Å². The van der Waals surface area contributed by atoms with Crippen molar-refractivity contribution in [1.82, 2.24) is 4.90 Å². The summed E-state index contributed by atoms with van der Waals surface area (Å²) < 4.78 is 18.3. The summed E-state index contributed by atoms with van der Waals surface area (Å²) >= 11 is 5.86. The van der Waals surface area contributed by atoms with Gasteiger partial charge in [-0.15, -0.1) is 0 Å². The predicted octanol–water partition coefficient (Wildman–Crippen LogP) is 2.90. The molecule has 1 aromatic rings. The summed E-state index contributed by atoms with van der Waals surface area (Å²) in [6.45, 7) is 3.88. The number of rotatable bonds is 6. The molecule has 0 aliphatic rings. The second kappa shape index (κ2) is 8.42. The fraction of sp³-hybridized carbons (Fsp3) is 0.333. The monoisotopic (exact) mass is 313 g/mol. The zero-order chi connectivity index (χ0) is 15.8. The Kier molecular flexibility index (Phi) is 6.88. The highest BCUT2D eigenvalue weighted by Gasteiger charge is 2.14. The molecule has 0 spiro atoms. The van der Waals surface area contributed by atoms with Crippen LogP contribution in [0.25, 0.3) is 6.08 Å². The largest absolute Gasteiger partial charge is 0.465 e. The third-order valence-electron chi connectivity index (χ3n) is 2.71. The molecule has 0 atom stereocenters. The van der Waals surface area contributed by atoms with Crippen molar-refractivity contribution in [3.05, 3.63) is 40.7 Å². The van der Waals surface area contributed by atoms with E-state index in [1.165, 1.54) is 35.3 Å². The zero-order valence-electron chi connectivity index (χ0n) is 11.9. The molecular formula is C15H17ClFNO3. The quantitative estimate of drug-likeness (QED) is 0.599. The average molecular weight is 314 g/mol. The highest BCUT2D eigenvalue weighted by atomic mass is 35.5. The van der Waals surface area contributed by atoms with Crippen LogP contribution in [0.2, 0.25) is 5.02 Å². The summed E-state index contributed by atoms with van der Waals surface area (Å²) in [6.07, 6.45) is 2.49. The van der Waals surface area contributed by atoms with E-state index in [9.17, 15) is 14.0 Å². The summed E-state index contributed by atoms with van der Waals surface area (Å²) in [7, 11) is 0. The van der Waals surface area contributed by atoms with Crippen molar-refractivity contribution in [1.29, 1.82) is 0 Å². The van der Waals surface area contributed by atoms with Crippen LogP contribution in [0.4, 0.5) is 4.39 Å². The van der Waals surface area contributed by atoms with Crippen molar-refractivity contribution in [2.24, 2.45) is 0 Å². The molecule has 21 heavy (non-hydrogen) atoms. The Bertz CT molecular complexity index is 525. The van der Waals surface area contributed by atoms with Gasteiger partial charge in [-0.1, -0.05) is 17.7 Å². The summed E-state index contributed by atoms with van der Waals surface area (Å²) in [6, 6.07) is 4.27. The van der Waals surface area contributed by atoms with Gasteiger partial charge in [0.05, 0.1) is 11.6 Å². The first-order valence-electron chi connectivity index (χ1n) is 6.56. The molecule has 0 N–H and O–H groups in total. The van der Waals surface area contributed by atoms with E-state index in [4.69, 9.17) is 16.3 Å². The SMILES string of the molecule is CCOC(=O)CN(CC)C(=O)/C=C/c1c(F)cccc1Cl. The van der Waals surface area contributed by atoms with Crippen LogP contribution in [0.1, 0.15) is 19.4 Å². The van der Waals surface area contributed by atoms with Gasteiger partial charge in [0.1, 0.15) is 12.4 Å².